The van der Waals surface area contributed by atoms with Gasteiger partial charge in [-0.15, -0.1) is 0 Å². The van der Waals surface area contributed by atoms with E-state index in [4.69, 9.17) is 39.5 Å². The van der Waals surface area contributed by atoms with Crippen LogP contribution in [0.2, 0.25) is 15.2 Å². The van der Waals surface area contributed by atoms with Gasteiger partial charge in [-0.25, -0.2) is 0 Å². The highest BCUT2D eigenvalue weighted by atomic mass is 35.5. The number of nitrogens with one attached hydrogen (secondary N) is 1. The number of aryl methyl sites for hydroxylation is 2. The molecule has 0 spiro atoms. The van der Waals surface area contributed by atoms with Gasteiger partial charge in [0.2, 0.25) is 0 Å². The van der Waals surface area contributed by atoms with Crippen LogP contribution in [0.3, 0.4) is 0 Å². The first-order valence-electron chi connectivity index (χ1n) is 9.08. The fraction of sp³-hybridized carbons (Fsp3) is 0.238. The summed E-state index contributed by atoms with van der Waals surface area (Å²) in [4.78, 5) is 12.4. The van der Waals surface area contributed by atoms with Crippen molar-refractivity contribution in [1.82, 2.24) is 15.1 Å². The molecule has 8 heteroatoms. The third kappa shape index (κ3) is 5.66. The van der Waals surface area contributed by atoms with Crippen LogP contribution in [-0.4, -0.2) is 22.2 Å². The number of carbonyl (C=O) groups is 1. The number of carbonyl (C=O) groups excluding carboxylic acids is 1. The van der Waals surface area contributed by atoms with E-state index in [1.165, 1.54) is 0 Å². The van der Waals surface area contributed by atoms with Crippen LogP contribution in [0.25, 0.3) is 0 Å². The summed E-state index contributed by atoms with van der Waals surface area (Å²) < 4.78 is 7.37. The van der Waals surface area contributed by atoms with Gasteiger partial charge in [0.1, 0.15) is 22.5 Å². The van der Waals surface area contributed by atoms with Crippen LogP contribution in [0.4, 0.5) is 0 Å². The van der Waals surface area contributed by atoms with Gasteiger partial charge in [0.25, 0.3) is 5.91 Å². The van der Waals surface area contributed by atoms with E-state index in [1.54, 1.807) is 35.9 Å². The van der Waals surface area contributed by atoms with Crippen molar-refractivity contribution in [3.05, 3.63) is 80.6 Å². The van der Waals surface area contributed by atoms with E-state index in [0.29, 0.717) is 58.3 Å². The Balaban J connectivity index is 1.50. The van der Waals surface area contributed by atoms with E-state index >= 15 is 0 Å². The highest BCUT2D eigenvalue weighted by Crippen LogP contribution is 2.25. The average molecular weight is 453 g/mol. The Bertz CT molecular complexity index is 1000. The summed E-state index contributed by atoms with van der Waals surface area (Å²) in [5.74, 6) is 0.460. The van der Waals surface area contributed by atoms with E-state index in [-0.39, 0.29) is 5.91 Å². The van der Waals surface area contributed by atoms with Crippen LogP contribution in [-0.2, 0) is 13.2 Å². The molecule has 0 aliphatic rings. The Morgan fingerprint density at radius 2 is 1.93 bits per heavy atom. The molecule has 29 heavy (non-hydrogen) atoms. The molecule has 0 radical (unpaired) electrons. The molecule has 1 aromatic heterocycles. The highest BCUT2D eigenvalue weighted by Gasteiger charge is 2.11. The molecular weight excluding hydrogens is 433 g/mol. The topological polar surface area (TPSA) is 56.2 Å². The lowest BCUT2D eigenvalue weighted by atomic mass is 10.1. The van der Waals surface area contributed by atoms with Crippen LogP contribution in [0.5, 0.6) is 5.75 Å². The number of rotatable bonds is 8. The van der Waals surface area contributed by atoms with E-state index in [1.807, 2.05) is 24.3 Å². The van der Waals surface area contributed by atoms with Gasteiger partial charge in [-0.2, -0.15) is 5.10 Å². The summed E-state index contributed by atoms with van der Waals surface area (Å²) in [7, 11) is 0. The maximum atomic E-state index is 12.4. The maximum Gasteiger partial charge on any atom is 0.251 e. The first kappa shape index (κ1) is 21.5. The Kier molecular flexibility index (Phi) is 7.42. The average Bonchev–Trinajstić information content (AvgIpc) is 2.97. The van der Waals surface area contributed by atoms with Crippen LogP contribution in [0, 0.1) is 6.92 Å². The number of halogens is 3. The minimum Gasteiger partial charge on any atom is -0.487 e. The normalized spacial score (nSPS) is 10.8. The lowest BCUT2D eigenvalue weighted by molar-refractivity contribution is 0.0952. The minimum atomic E-state index is -0.148. The Labute approximate surface area is 184 Å². The Morgan fingerprint density at radius 3 is 2.66 bits per heavy atom. The van der Waals surface area contributed by atoms with Gasteiger partial charge < -0.3 is 10.1 Å². The van der Waals surface area contributed by atoms with Gasteiger partial charge in [0, 0.05) is 18.7 Å². The molecule has 1 heterocycles. The molecule has 152 valence electrons. The Morgan fingerprint density at radius 1 is 1.14 bits per heavy atom. The monoisotopic (exact) mass is 451 g/mol. The zero-order chi connectivity index (χ0) is 20.8. The fourth-order valence-electron chi connectivity index (χ4n) is 2.74. The highest BCUT2D eigenvalue weighted by molar-refractivity contribution is 6.41. The molecule has 0 saturated heterocycles. The van der Waals surface area contributed by atoms with Crippen LogP contribution < -0.4 is 10.1 Å². The van der Waals surface area contributed by atoms with Crippen molar-refractivity contribution >= 4 is 40.7 Å². The zero-order valence-corrected chi connectivity index (χ0v) is 18.1. The smallest absolute Gasteiger partial charge is 0.251 e. The molecule has 2 aromatic carbocycles. The number of amides is 1. The number of hydrogen-bond acceptors (Lipinski definition) is 3. The zero-order valence-electron chi connectivity index (χ0n) is 15.8. The third-order valence-corrected chi connectivity index (χ3v) is 5.49. The third-order valence-electron chi connectivity index (χ3n) is 4.25. The second-order valence-corrected chi connectivity index (χ2v) is 7.59. The van der Waals surface area contributed by atoms with Crippen molar-refractivity contribution in [2.45, 2.75) is 26.5 Å². The number of nitrogens with zero attached hydrogens (tertiary/aromatic N) is 2. The molecule has 0 bridgehead atoms. The van der Waals surface area contributed by atoms with Gasteiger partial charge in [-0.1, -0.05) is 59.1 Å². The molecule has 0 aliphatic heterocycles. The summed E-state index contributed by atoms with van der Waals surface area (Å²) in [5, 5.41) is 8.60. The van der Waals surface area contributed by atoms with Crippen molar-refractivity contribution in [1.29, 1.82) is 0 Å². The molecule has 1 amide bonds. The first-order chi connectivity index (χ1) is 14.0. The summed E-state index contributed by atoms with van der Waals surface area (Å²) in [6.07, 6.45) is 0.679. The van der Waals surface area contributed by atoms with Crippen molar-refractivity contribution in [3.8, 4) is 5.75 Å². The molecule has 0 atom stereocenters. The number of hydrogen-bond donors (Lipinski definition) is 1. The lowest BCUT2D eigenvalue weighted by Crippen LogP contribution is -2.25. The summed E-state index contributed by atoms with van der Waals surface area (Å²) in [6.45, 7) is 3.18. The van der Waals surface area contributed by atoms with Gasteiger partial charge in [0.15, 0.2) is 0 Å². The molecule has 3 aromatic rings. The largest absolute Gasteiger partial charge is 0.487 e. The van der Waals surface area contributed by atoms with Gasteiger partial charge in [-0.3, -0.25) is 9.48 Å². The van der Waals surface area contributed by atoms with Gasteiger partial charge >= 0.3 is 0 Å². The van der Waals surface area contributed by atoms with Crippen molar-refractivity contribution in [2.24, 2.45) is 0 Å². The molecule has 0 saturated carbocycles. The number of benzene rings is 2. The maximum absolute atomic E-state index is 12.4. The molecule has 0 aliphatic carbocycles. The first-order valence-corrected chi connectivity index (χ1v) is 10.2. The minimum absolute atomic E-state index is 0.148. The van der Waals surface area contributed by atoms with E-state index in [2.05, 4.69) is 10.4 Å². The predicted molar refractivity (Wildman–Crippen MR) is 116 cm³/mol. The molecule has 0 unspecified atom stereocenters. The summed E-state index contributed by atoms with van der Waals surface area (Å²) in [5.41, 5.74) is 2.14. The lowest BCUT2D eigenvalue weighted by Gasteiger charge is -2.10. The predicted octanol–water partition coefficient (Wildman–Crippen LogP) is 5.55. The summed E-state index contributed by atoms with van der Waals surface area (Å²) in [6, 6.07) is 14.6. The standard InChI is InChI=1S/C21H20Cl3N3O2/c1-14-19(23)20(24)27(26-14)11-5-10-25-21(28)16-7-4-6-15(12-16)13-29-18-9-3-2-8-17(18)22/h2-4,6-9,12H,5,10-11,13H2,1H3,(H,25,28). The van der Waals surface area contributed by atoms with Gasteiger partial charge in [-0.05, 0) is 43.2 Å². The number of aromatic nitrogens is 2. The second-order valence-electron chi connectivity index (χ2n) is 6.44. The molecule has 5 nitrogen and oxygen atoms in total. The van der Waals surface area contributed by atoms with Crippen LogP contribution in [0.1, 0.15) is 28.0 Å². The fourth-order valence-corrected chi connectivity index (χ4v) is 3.32. The molecule has 0 fully saturated rings. The second kappa shape index (κ2) is 10.0. The van der Waals surface area contributed by atoms with Crippen molar-refractivity contribution in [2.75, 3.05) is 6.54 Å². The van der Waals surface area contributed by atoms with E-state index < -0.39 is 0 Å². The van der Waals surface area contributed by atoms with E-state index in [0.717, 1.165) is 5.56 Å². The van der Waals surface area contributed by atoms with Crippen molar-refractivity contribution < 1.29 is 9.53 Å². The number of ether oxygens (including phenoxy) is 1. The quantitative estimate of drug-likeness (QED) is 0.456. The van der Waals surface area contributed by atoms with E-state index in [9.17, 15) is 4.79 Å². The number of para-hydroxylation sites is 1. The molecular formula is C21H20Cl3N3O2. The van der Waals surface area contributed by atoms with Crippen molar-refractivity contribution in [3.63, 3.8) is 0 Å². The van der Waals surface area contributed by atoms with Gasteiger partial charge in [0.05, 0.1) is 10.7 Å². The SMILES string of the molecule is Cc1nn(CCCNC(=O)c2cccc(COc3ccccc3Cl)c2)c(Cl)c1Cl. The Hall–Kier alpha value is -2.21. The summed E-state index contributed by atoms with van der Waals surface area (Å²) >= 11 is 18.2. The molecule has 3 rings (SSSR count). The van der Waals surface area contributed by atoms with Crippen LogP contribution >= 0.6 is 34.8 Å². The molecule has 1 N–H and O–H groups in total. The van der Waals surface area contributed by atoms with Crippen LogP contribution in [0.15, 0.2) is 48.5 Å².